The number of hydrogen-bond acceptors (Lipinski definition) is 2. The minimum Gasteiger partial charge on any atom is -0.496 e. The average Bonchev–Trinajstić information content (AvgIpc) is 2.25. The zero-order chi connectivity index (χ0) is 11.3. The summed E-state index contributed by atoms with van der Waals surface area (Å²) in [6.45, 7) is 3.69. The van der Waals surface area contributed by atoms with Gasteiger partial charge in [-0.25, -0.2) is 0 Å². The summed E-state index contributed by atoms with van der Waals surface area (Å²) in [5.74, 6) is 0.828. The Hall–Kier alpha value is -0.800. The van der Waals surface area contributed by atoms with Gasteiger partial charge in [-0.1, -0.05) is 12.1 Å². The lowest BCUT2D eigenvalue weighted by molar-refractivity contribution is 0.412. The maximum Gasteiger partial charge on any atom is 0.133 e. The number of ether oxygens (including phenoxy) is 1. The normalized spacial score (nSPS) is 12.2. The van der Waals surface area contributed by atoms with E-state index in [9.17, 15) is 0 Å². The third-order valence-corrected chi connectivity index (χ3v) is 2.91. The molecule has 0 bridgehead atoms. The molecule has 82 valence electrons. The monoisotopic (exact) mass is 269 g/mol. The SMILES string of the molecule is C=CCCC(N)c1ccc(OC)c(Br)c1. The highest BCUT2D eigenvalue weighted by Gasteiger charge is 2.07. The van der Waals surface area contributed by atoms with E-state index in [0.717, 1.165) is 28.6 Å². The van der Waals surface area contributed by atoms with Gasteiger partial charge in [0.25, 0.3) is 0 Å². The van der Waals surface area contributed by atoms with Crippen LogP contribution >= 0.6 is 15.9 Å². The molecule has 0 fully saturated rings. The van der Waals surface area contributed by atoms with E-state index in [1.54, 1.807) is 7.11 Å². The highest BCUT2D eigenvalue weighted by atomic mass is 79.9. The summed E-state index contributed by atoms with van der Waals surface area (Å²) in [4.78, 5) is 0. The first-order chi connectivity index (χ1) is 7.19. The maximum atomic E-state index is 6.03. The summed E-state index contributed by atoms with van der Waals surface area (Å²) >= 11 is 3.44. The van der Waals surface area contributed by atoms with E-state index in [-0.39, 0.29) is 6.04 Å². The van der Waals surface area contributed by atoms with E-state index in [1.165, 1.54) is 0 Å². The van der Waals surface area contributed by atoms with Crippen molar-refractivity contribution in [1.82, 2.24) is 0 Å². The van der Waals surface area contributed by atoms with Gasteiger partial charge in [0, 0.05) is 6.04 Å². The lowest BCUT2D eigenvalue weighted by Gasteiger charge is -2.12. The molecular weight excluding hydrogens is 254 g/mol. The molecule has 1 aromatic rings. The van der Waals surface area contributed by atoms with Gasteiger partial charge in [-0.15, -0.1) is 6.58 Å². The van der Waals surface area contributed by atoms with Crippen LogP contribution in [-0.4, -0.2) is 7.11 Å². The fourth-order valence-electron chi connectivity index (χ4n) is 1.38. The van der Waals surface area contributed by atoms with Crippen LogP contribution < -0.4 is 10.5 Å². The molecule has 0 heterocycles. The number of allylic oxidation sites excluding steroid dienone is 1. The fourth-order valence-corrected chi connectivity index (χ4v) is 1.94. The van der Waals surface area contributed by atoms with Crippen LogP contribution in [0.25, 0.3) is 0 Å². The van der Waals surface area contributed by atoms with Crippen molar-refractivity contribution in [2.45, 2.75) is 18.9 Å². The molecule has 0 saturated heterocycles. The predicted octanol–water partition coefficient (Wildman–Crippen LogP) is 3.42. The molecule has 0 radical (unpaired) electrons. The van der Waals surface area contributed by atoms with E-state index in [4.69, 9.17) is 10.5 Å². The second kappa shape index (κ2) is 5.93. The summed E-state index contributed by atoms with van der Waals surface area (Å²) in [7, 11) is 1.65. The Morgan fingerprint density at radius 1 is 1.60 bits per heavy atom. The quantitative estimate of drug-likeness (QED) is 0.832. The van der Waals surface area contributed by atoms with Gasteiger partial charge >= 0.3 is 0 Å². The molecule has 1 rings (SSSR count). The van der Waals surface area contributed by atoms with Crippen LogP contribution in [0, 0.1) is 0 Å². The van der Waals surface area contributed by atoms with Crippen LogP contribution in [0.15, 0.2) is 35.3 Å². The second-order valence-corrected chi connectivity index (χ2v) is 4.22. The Kier molecular flexibility index (Phi) is 4.85. The summed E-state index contributed by atoms with van der Waals surface area (Å²) in [6, 6.07) is 5.99. The third kappa shape index (κ3) is 3.36. The van der Waals surface area contributed by atoms with Gasteiger partial charge in [-0.3, -0.25) is 0 Å². The Morgan fingerprint density at radius 2 is 2.33 bits per heavy atom. The highest BCUT2D eigenvalue weighted by Crippen LogP contribution is 2.28. The topological polar surface area (TPSA) is 35.2 Å². The van der Waals surface area contributed by atoms with Crippen molar-refractivity contribution in [2.75, 3.05) is 7.11 Å². The van der Waals surface area contributed by atoms with Crippen molar-refractivity contribution in [3.8, 4) is 5.75 Å². The molecule has 0 aromatic heterocycles. The van der Waals surface area contributed by atoms with E-state index in [2.05, 4.69) is 22.5 Å². The largest absolute Gasteiger partial charge is 0.496 e. The molecule has 0 amide bonds. The fraction of sp³-hybridized carbons (Fsp3) is 0.333. The Labute approximate surface area is 99.3 Å². The van der Waals surface area contributed by atoms with Gasteiger partial charge in [0.2, 0.25) is 0 Å². The van der Waals surface area contributed by atoms with Gasteiger partial charge < -0.3 is 10.5 Å². The van der Waals surface area contributed by atoms with Crippen LogP contribution in [0.3, 0.4) is 0 Å². The van der Waals surface area contributed by atoms with Crippen molar-refractivity contribution in [2.24, 2.45) is 5.73 Å². The molecular formula is C12H16BrNO. The van der Waals surface area contributed by atoms with Crippen molar-refractivity contribution in [1.29, 1.82) is 0 Å². The van der Waals surface area contributed by atoms with E-state index < -0.39 is 0 Å². The molecule has 15 heavy (non-hydrogen) atoms. The van der Waals surface area contributed by atoms with Crippen molar-refractivity contribution < 1.29 is 4.74 Å². The number of halogens is 1. The van der Waals surface area contributed by atoms with Gasteiger partial charge in [0.15, 0.2) is 0 Å². The highest BCUT2D eigenvalue weighted by molar-refractivity contribution is 9.10. The number of methoxy groups -OCH3 is 1. The van der Waals surface area contributed by atoms with Gasteiger partial charge in [-0.2, -0.15) is 0 Å². The van der Waals surface area contributed by atoms with E-state index in [0.29, 0.717) is 0 Å². The van der Waals surface area contributed by atoms with Crippen LogP contribution in [0.1, 0.15) is 24.4 Å². The summed E-state index contributed by atoms with van der Waals surface area (Å²) < 4.78 is 6.10. The minimum absolute atomic E-state index is 0.0604. The first-order valence-electron chi connectivity index (χ1n) is 4.89. The molecule has 0 saturated carbocycles. The molecule has 1 unspecified atom stereocenters. The van der Waals surface area contributed by atoms with Gasteiger partial charge in [-0.05, 0) is 46.5 Å². The Bertz CT molecular complexity index is 338. The van der Waals surface area contributed by atoms with Crippen LogP contribution in [-0.2, 0) is 0 Å². The minimum atomic E-state index is 0.0604. The summed E-state index contributed by atoms with van der Waals surface area (Å²) in [6.07, 6.45) is 3.74. The van der Waals surface area contributed by atoms with Crippen LogP contribution in [0.5, 0.6) is 5.75 Å². The van der Waals surface area contributed by atoms with Crippen molar-refractivity contribution in [3.05, 3.63) is 40.9 Å². The smallest absolute Gasteiger partial charge is 0.133 e. The van der Waals surface area contributed by atoms with E-state index in [1.807, 2.05) is 24.3 Å². The maximum absolute atomic E-state index is 6.03. The van der Waals surface area contributed by atoms with Gasteiger partial charge in [0.05, 0.1) is 11.6 Å². The standard InChI is InChI=1S/C12H16BrNO/c1-3-4-5-11(14)9-6-7-12(15-2)10(13)8-9/h3,6-8,11H,1,4-5,14H2,2H3. The molecule has 3 heteroatoms. The van der Waals surface area contributed by atoms with Crippen molar-refractivity contribution in [3.63, 3.8) is 0 Å². The van der Waals surface area contributed by atoms with Crippen LogP contribution in [0.4, 0.5) is 0 Å². The zero-order valence-corrected chi connectivity index (χ0v) is 10.5. The molecule has 2 N–H and O–H groups in total. The molecule has 1 atom stereocenters. The first kappa shape index (κ1) is 12.3. The molecule has 0 aliphatic heterocycles. The lowest BCUT2D eigenvalue weighted by Crippen LogP contribution is -2.09. The second-order valence-electron chi connectivity index (χ2n) is 3.37. The molecule has 0 aliphatic rings. The number of rotatable bonds is 5. The Balaban J connectivity index is 2.77. The third-order valence-electron chi connectivity index (χ3n) is 2.29. The molecule has 1 aromatic carbocycles. The van der Waals surface area contributed by atoms with Crippen molar-refractivity contribution >= 4 is 15.9 Å². The first-order valence-corrected chi connectivity index (χ1v) is 5.68. The van der Waals surface area contributed by atoms with E-state index >= 15 is 0 Å². The lowest BCUT2D eigenvalue weighted by atomic mass is 10.0. The number of nitrogens with two attached hydrogens (primary N) is 1. The number of benzene rings is 1. The molecule has 2 nitrogen and oxygen atoms in total. The number of hydrogen-bond donors (Lipinski definition) is 1. The zero-order valence-electron chi connectivity index (χ0n) is 8.87. The Morgan fingerprint density at radius 3 is 2.87 bits per heavy atom. The van der Waals surface area contributed by atoms with Gasteiger partial charge in [0.1, 0.15) is 5.75 Å². The molecule has 0 spiro atoms. The van der Waals surface area contributed by atoms with Crippen LogP contribution in [0.2, 0.25) is 0 Å². The summed E-state index contributed by atoms with van der Waals surface area (Å²) in [5, 5.41) is 0. The molecule has 0 aliphatic carbocycles. The predicted molar refractivity (Wildman–Crippen MR) is 67.1 cm³/mol. The summed E-state index contributed by atoms with van der Waals surface area (Å²) in [5.41, 5.74) is 7.15. The average molecular weight is 270 g/mol.